The third-order valence-electron chi connectivity index (χ3n) is 4.48. The van der Waals surface area contributed by atoms with E-state index in [9.17, 15) is 4.79 Å². The Morgan fingerprint density at radius 2 is 2.00 bits per heavy atom. The Bertz CT molecular complexity index is 1060. The van der Waals surface area contributed by atoms with Crippen LogP contribution in [0.25, 0.3) is 0 Å². The summed E-state index contributed by atoms with van der Waals surface area (Å²) in [7, 11) is 0. The van der Waals surface area contributed by atoms with Gasteiger partial charge in [0.15, 0.2) is 0 Å². The average Bonchev–Trinajstić information content (AvgIpc) is 3.45. The van der Waals surface area contributed by atoms with Gasteiger partial charge in [-0.3, -0.25) is 4.79 Å². The second kappa shape index (κ2) is 9.03. The number of hydrogen-bond donors (Lipinski definition) is 1. The molecule has 0 aliphatic carbocycles. The molecule has 0 saturated heterocycles. The summed E-state index contributed by atoms with van der Waals surface area (Å²) < 4.78 is 5.78. The molecule has 0 fully saturated rings. The van der Waals surface area contributed by atoms with Crippen molar-refractivity contribution < 1.29 is 9.53 Å². The quantitative estimate of drug-likeness (QED) is 0.423. The molecule has 1 atom stereocenters. The van der Waals surface area contributed by atoms with Gasteiger partial charge in [-0.25, -0.2) is 4.98 Å². The molecule has 0 spiro atoms. The molecule has 2 aromatic heterocycles. The average molecular weight is 421 g/mol. The van der Waals surface area contributed by atoms with Gasteiger partial charge in [0.25, 0.3) is 5.91 Å². The van der Waals surface area contributed by atoms with Crippen molar-refractivity contribution in [3.63, 3.8) is 0 Å². The summed E-state index contributed by atoms with van der Waals surface area (Å²) >= 11 is 3.16. The summed E-state index contributed by atoms with van der Waals surface area (Å²) in [6.45, 7) is 2.44. The summed E-state index contributed by atoms with van der Waals surface area (Å²) in [4.78, 5) is 18.3. The number of thiazole rings is 1. The molecule has 4 nitrogen and oxygen atoms in total. The molecular formula is C23H20N2O2S2. The topological polar surface area (TPSA) is 51.2 Å². The number of aromatic nitrogens is 1. The Morgan fingerprint density at radius 1 is 1.14 bits per heavy atom. The van der Waals surface area contributed by atoms with E-state index in [1.165, 1.54) is 16.9 Å². The van der Waals surface area contributed by atoms with Crippen LogP contribution in [0.5, 0.6) is 5.75 Å². The molecular weight excluding hydrogens is 400 g/mol. The largest absolute Gasteiger partial charge is 0.487 e. The molecule has 2 heterocycles. The van der Waals surface area contributed by atoms with Crippen LogP contribution in [-0.4, -0.2) is 10.9 Å². The maximum Gasteiger partial charge on any atom is 0.252 e. The normalized spacial score (nSPS) is 11.8. The van der Waals surface area contributed by atoms with E-state index in [2.05, 4.69) is 41.5 Å². The molecule has 0 aliphatic rings. The first-order chi connectivity index (χ1) is 14.2. The van der Waals surface area contributed by atoms with Crippen LogP contribution in [0.1, 0.15) is 38.1 Å². The Kier molecular flexibility index (Phi) is 6.03. The van der Waals surface area contributed by atoms with Gasteiger partial charge in [-0.15, -0.1) is 22.7 Å². The van der Waals surface area contributed by atoms with E-state index in [0.29, 0.717) is 17.9 Å². The lowest BCUT2D eigenvalue weighted by atomic mass is 10.0. The van der Waals surface area contributed by atoms with Gasteiger partial charge < -0.3 is 10.1 Å². The van der Waals surface area contributed by atoms with Gasteiger partial charge in [-0.1, -0.05) is 42.0 Å². The molecule has 2 aromatic carbocycles. The fourth-order valence-corrected chi connectivity index (χ4v) is 4.29. The first-order valence-corrected chi connectivity index (χ1v) is 11.0. The maximum atomic E-state index is 13.0. The number of nitrogens with one attached hydrogen (secondary N) is 1. The molecule has 0 saturated carbocycles. The Morgan fingerprint density at radius 3 is 2.72 bits per heavy atom. The van der Waals surface area contributed by atoms with E-state index < -0.39 is 0 Å². The van der Waals surface area contributed by atoms with Crippen molar-refractivity contribution in [1.82, 2.24) is 10.3 Å². The molecule has 0 bridgehead atoms. The van der Waals surface area contributed by atoms with E-state index in [1.807, 2.05) is 35.0 Å². The molecule has 6 heteroatoms. The van der Waals surface area contributed by atoms with Gasteiger partial charge in [0.05, 0.1) is 17.2 Å². The number of nitrogens with zero attached hydrogens (tertiary/aromatic N) is 1. The van der Waals surface area contributed by atoms with Crippen molar-refractivity contribution in [2.45, 2.75) is 19.6 Å². The van der Waals surface area contributed by atoms with Gasteiger partial charge in [0.2, 0.25) is 0 Å². The summed E-state index contributed by atoms with van der Waals surface area (Å²) in [6, 6.07) is 19.3. The number of ether oxygens (including phenoxy) is 1. The minimum Gasteiger partial charge on any atom is -0.487 e. The zero-order valence-corrected chi connectivity index (χ0v) is 17.5. The van der Waals surface area contributed by atoms with Crippen LogP contribution in [0.2, 0.25) is 0 Å². The SMILES string of the molecule is Cc1ccc(C(NC(=O)c2cccc(OCc3cscn3)c2)c2cccs2)cc1. The molecule has 1 N–H and O–H groups in total. The second-order valence-corrected chi connectivity index (χ2v) is 8.33. The van der Waals surface area contributed by atoms with Crippen molar-refractivity contribution in [2.75, 3.05) is 0 Å². The smallest absolute Gasteiger partial charge is 0.252 e. The zero-order chi connectivity index (χ0) is 20.1. The fourth-order valence-electron chi connectivity index (χ4n) is 2.94. The maximum absolute atomic E-state index is 13.0. The lowest BCUT2D eigenvalue weighted by Crippen LogP contribution is -2.28. The van der Waals surface area contributed by atoms with Crippen LogP contribution in [0, 0.1) is 6.92 Å². The van der Waals surface area contributed by atoms with Crippen LogP contribution in [-0.2, 0) is 6.61 Å². The van der Waals surface area contributed by atoms with Crippen LogP contribution in [0.15, 0.2) is 76.9 Å². The molecule has 1 unspecified atom stereocenters. The van der Waals surface area contributed by atoms with E-state index in [0.717, 1.165) is 16.1 Å². The number of thiophene rings is 1. The minimum atomic E-state index is -0.192. The molecule has 4 rings (SSSR count). The monoisotopic (exact) mass is 420 g/mol. The fraction of sp³-hybridized carbons (Fsp3) is 0.130. The predicted molar refractivity (Wildman–Crippen MR) is 118 cm³/mol. The Balaban J connectivity index is 1.51. The highest BCUT2D eigenvalue weighted by molar-refractivity contribution is 7.10. The summed E-state index contributed by atoms with van der Waals surface area (Å²) in [5, 5.41) is 7.15. The highest BCUT2D eigenvalue weighted by atomic mass is 32.1. The van der Waals surface area contributed by atoms with E-state index in [1.54, 1.807) is 29.0 Å². The number of amides is 1. The van der Waals surface area contributed by atoms with Gasteiger partial charge in [-0.05, 0) is 42.1 Å². The van der Waals surface area contributed by atoms with E-state index in [4.69, 9.17) is 4.74 Å². The Labute approximate surface area is 177 Å². The number of rotatable bonds is 7. The number of hydrogen-bond acceptors (Lipinski definition) is 5. The van der Waals surface area contributed by atoms with Gasteiger partial charge in [-0.2, -0.15) is 0 Å². The van der Waals surface area contributed by atoms with E-state index in [-0.39, 0.29) is 11.9 Å². The summed E-state index contributed by atoms with van der Waals surface area (Å²) in [6.07, 6.45) is 0. The second-order valence-electron chi connectivity index (χ2n) is 6.63. The third-order valence-corrected chi connectivity index (χ3v) is 6.05. The van der Waals surface area contributed by atoms with Gasteiger partial charge >= 0.3 is 0 Å². The van der Waals surface area contributed by atoms with Crippen LogP contribution in [0.4, 0.5) is 0 Å². The van der Waals surface area contributed by atoms with Crippen molar-refractivity contribution in [1.29, 1.82) is 0 Å². The lowest BCUT2D eigenvalue weighted by Gasteiger charge is -2.19. The highest BCUT2D eigenvalue weighted by Gasteiger charge is 2.19. The zero-order valence-electron chi connectivity index (χ0n) is 15.9. The molecule has 0 aliphatic heterocycles. The minimum absolute atomic E-state index is 0.136. The van der Waals surface area contributed by atoms with Crippen molar-refractivity contribution in [2.24, 2.45) is 0 Å². The van der Waals surface area contributed by atoms with E-state index >= 15 is 0 Å². The lowest BCUT2D eigenvalue weighted by molar-refractivity contribution is 0.0943. The number of benzene rings is 2. The Hall–Kier alpha value is -2.96. The van der Waals surface area contributed by atoms with Crippen molar-refractivity contribution in [3.8, 4) is 5.75 Å². The molecule has 1 amide bonds. The standard InChI is InChI=1S/C23H20N2O2S2/c1-16-7-9-17(10-8-16)22(21-6-3-11-29-21)25-23(26)18-4-2-5-20(12-18)27-13-19-14-28-15-24-19/h2-12,14-15,22H,13H2,1H3,(H,25,26). The van der Waals surface area contributed by atoms with Crippen molar-refractivity contribution in [3.05, 3.63) is 104 Å². The highest BCUT2D eigenvalue weighted by Crippen LogP contribution is 2.27. The van der Waals surface area contributed by atoms with Crippen molar-refractivity contribution >= 4 is 28.6 Å². The van der Waals surface area contributed by atoms with Crippen LogP contribution in [0.3, 0.4) is 0 Å². The summed E-state index contributed by atoms with van der Waals surface area (Å²) in [5.41, 5.74) is 5.46. The molecule has 29 heavy (non-hydrogen) atoms. The third kappa shape index (κ3) is 4.91. The van der Waals surface area contributed by atoms with Gasteiger partial charge in [0.1, 0.15) is 12.4 Å². The van der Waals surface area contributed by atoms with Crippen LogP contribution < -0.4 is 10.1 Å². The number of carbonyl (C=O) groups is 1. The summed E-state index contributed by atoms with van der Waals surface area (Å²) in [5.74, 6) is 0.511. The molecule has 0 radical (unpaired) electrons. The molecule has 4 aromatic rings. The van der Waals surface area contributed by atoms with Crippen LogP contribution >= 0.6 is 22.7 Å². The molecule has 146 valence electrons. The first kappa shape index (κ1) is 19.4. The number of carbonyl (C=O) groups excluding carboxylic acids is 1. The predicted octanol–water partition coefficient (Wildman–Crippen LogP) is 5.61. The number of aryl methyl sites for hydroxylation is 1. The first-order valence-electron chi connectivity index (χ1n) is 9.20. The van der Waals surface area contributed by atoms with Gasteiger partial charge in [0, 0.05) is 15.8 Å².